The van der Waals surface area contributed by atoms with Crippen LogP contribution in [0.25, 0.3) is 0 Å². The molecule has 2 fully saturated rings. The molecule has 1 saturated carbocycles. The van der Waals surface area contributed by atoms with E-state index in [1.807, 2.05) is 0 Å². The Labute approximate surface area is 123 Å². The smallest absolute Gasteiger partial charge is 0.230 e. The lowest BCUT2D eigenvalue weighted by molar-refractivity contribution is -0.147. The average molecular weight is 282 g/mol. The fourth-order valence-corrected chi connectivity index (χ4v) is 3.42. The lowest BCUT2D eigenvalue weighted by Gasteiger charge is -2.42. The molecule has 2 atom stereocenters. The Hall–Kier alpha value is -0.610. The van der Waals surface area contributed by atoms with Gasteiger partial charge in [-0.2, -0.15) is 0 Å². The highest BCUT2D eigenvalue weighted by Crippen LogP contribution is 2.38. The Balaban J connectivity index is 2.10. The summed E-state index contributed by atoms with van der Waals surface area (Å²) in [7, 11) is 1.71. The Morgan fingerprint density at radius 2 is 2.25 bits per heavy atom. The van der Waals surface area contributed by atoms with Gasteiger partial charge < -0.3 is 15.0 Å². The molecule has 0 radical (unpaired) electrons. The number of carbonyl (C=O) groups is 1. The zero-order valence-corrected chi connectivity index (χ0v) is 13.3. The maximum absolute atomic E-state index is 13.2. The molecular formula is C16H30N2O2. The number of ether oxygens (including phenoxy) is 1. The summed E-state index contributed by atoms with van der Waals surface area (Å²) in [5.74, 6) is 1.06. The number of hydrogen-bond donors (Lipinski definition) is 1. The van der Waals surface area contributed by atoms with Crippen molar-refractivity contribution in [2.45, 2.75) is 52.0 Å². The van der Waals surface area contributed by atoms with Crippen LogP contribution in [0, 0.1) is 11.3 Å². The molecule has 20 heavy (non-hydrogen) atoms. The molecule has 1 saturated heterocycles. The van der Waals surface area contributed by atoms with Gasteiger partial charge in [0.2, 0.25) is 5.91 Å². The van der Waals surface area contributed by atoms with Crippen LogP contribution < -0.4 is 5.32 Å². The monoisotopic (exact) mass is 282 g/mol. The SMILES string of the molecule is CCC1(C(=O)N(CCOC)C(C)C2CC2)CCCNC1. The summed E-state index contributed by atoms with van der Waals surface area (Å²) in [4.78, 5) is 15.3. The molecule has 2 unspecified atom stereocenters. The zero-order valence-electron chi connectivity index (χ0n) is 13.3. The van der Waals surface area contributed by atoms with E-state index in [0.29, 0.717) is 24.5 Å². The Morgan fingerprint density at radius 1 is 1.50 bits per heavy atom. The molecule has 0 aromatic heterocycles. The van der Waals surface area contributed by atoms with Gasteiger partial charge >= 0.3 is 0 Å². The highest BCUT2D eigenvalue weighted by atomic mass is 16.5. The van der Waals surface area contributed by atoms with Crippen molar-refractivity contribution in [3.63, 3.8) is 0 Å². The van der Waals surface area contributed by atoms with Crippen LogP contribution in [0.4, 0.5) is 0 Å². The molecule has 1 aliphatic heterocycles. The van der Waals surface area contributed by atoms with Crippen molar-refractivity contribution in [2.24, 2.45) is 11.3 Å². The third kappa shape index (κ3) is 3.34. The maximum atomic E-state index is 13.2. The second-order valence-electron chi connectivity index (χ2n) is 6.48. The second kappa shape index (κ2) is 6.90. The lowest BCUT2D eigenvalue weighted by atomic mass is 9.76. The minimum Gasteiger partial charge on any atom is -0.383 e. The summed E-state index contributed by atoms with van der Waals surface area (Å²) >= 11 is 0. The number of amides is 1. The van der Waals surface area contributed by atoms with Crippen molar-refractivity contribution in [3.05, 3.63) is 0 Å². The molecule has 2 aliphatic rings. The van der Waals surface area contributed by atoms with Crippen molar-refractivity contribution in [1.82, 2.24) is 10.2 Å². The van der Waals surface area contributed by atoms with E-state index in [0.717, 1.165) is 38.9 Å². The first kappa shape index (κ1) is 15.8. The number of rotatable bonds is 7. The maximum Gasteiger partial charge on any atom is 0.230 e. The van der Waals surface area contributed by atoms with Crippen molar-refractivity contribution in [3.8, 4) is 0 Å². The lowest BCUT2D eigenvalue weighted by Crippen LogP contribution is -2.55. The van der Waals surface area contributed by atoms with Crippen molar-refractivity contribution < 1.29 is 9.53 Å². The third-order valence-electron chi connectivity index (χ3n) is 5.20. The molecule has 0 aromatic rings. The van der Waals surface area contributed by atoms with Gasteiger partial charge in [0.05, 0.1) is 12.0 Å². The first-order chi connectivity index (χ1) is 9.64. The van der Waals surface area contributed by atoms with E-state index in [2.05, 4.69) is 24.1 Å². The van der Waals surface area contributed by atoms with Gasteiger partial charge in [0.15, 0.2) is 0 Å². The van der Waals surface area contributed by atoms with Gasteiger partial charge in [-0.3, -0.25) is 4.79 Å². The molecule has 0 aromatic carbocycles. The van der Waals surface area contributed by atoms with Gasteiger partial charge in [-0.15, -0.1) is 0 Å². The minimum absolute atomic E-state index is 0.185. The highest BCUT2D eigenvalue weighted by molar-refractivity contribution is 5.83. The first-order valence-electron chi connectivity index (χ1n) is 8.15. The molecule has 0 bridgehead atoms. The summed E-state index contributed by atoms with van der Waals surface area (Å²) in [5.41, 5.74) is -0.185. The Bertz CT molecular complexity index is 322. The van der Waals surface area contributed by atoms with Gasteiger partial charge in [0, 0.05) is 26.2 Å². The predicted molar refractivity (Wildman–Crippen MR) is 80.6 cm³/mol. The number of carbonyl (C=O) groups excluding carboxylic acids is 1. The van der Waals surface area contributed by atoms with E-state index in [-0.39, 0.29) is 5.41 Å². The summed E-state index contributed by atoms with van der Waals surface area (Å²) in [6, 6.07) is 0.364. The molecule has 116 valence electrons. The largest absolute Gasteiger partial charge is 0.383 e. The van der Waals surface area contributed by atoms with Crippen LogP contribution in [0.1, 0.15) is 46.0 Å². The number of nitrogens with one attached hydrogen (secondary N) is 1. The minimum atomic E-state index is -0.185. The highest BCUT2D eigenvalue weighted by Gasteiger charge is 2.44. The molecule has 2 rings (SSSR count). The molecule has 1 aliphatic carbocycles. The van der Waals surface area contributed by atoms with Gasteiger partial charge in [-0.05, 0) is 51.5 Å². The second-order valence-corrected chi connectivity index (χ2v) is 6.48. The van der Waals surface area contributed by atoms with Crippen LogP contribution in [0.2, 0.25) is 0 Å². The number of nitrogens with zero attached hydrogens (tertiary/aromatic N) is 1. The molecule has 0 spiro atoms. The standard InChI is InChI=1S/C16H30N2O2/c1-4-16(8-5-9-17-12-16)15(19)18(10-11-20-3)13(2)14-6-7-14/h13-14,17H,4-12H2,1-3H3. The normalized spacial score (nSPS) is 28.1. The fraction of sp³-hybridized carbons (Fsp3) is 0.938. The molecule has 4 heteroatoms. The van der Waals surface area contributed by atoms with E-state index < -0.39 is 0 Å². The van der Waals surface area contributed by atoms with E-state index >= 15 is 0 Å². The van der Waals surface area contributed by atoms with Gasteiger partial charge in [0.25, 0.3) is 0 Å². The van der Waals surface area contributed by atoms with Gasteiger partial charge in [-0.25, -0.2) is 0 Å². The third-order valence-corrected chi connectivity index (χ3v) is 5.20. The van der Waals surface area contributed by atoms with Crippen LogP contribution >= 0.6 is 0 Å². The van der Waals surface area contributed by atoms with Crippen LogP contribution in [-0.4, -0.2) is 50.2 Å². The zero-order chi connectivity index (χ0) is 14.6. The van der Waals surface area contributed by atoms with Crippen LogP contribution in [0.5, 0.6) is 0 Å². The first-order valence-corrected chi connectivity index (χ1v) is 8.15. The van der Waals surface area contributed by atoms with Crippen molar-refractivity contribution in [2.75, 3.05) is 33.4 Å². The summed E-state index contributed by atoms with van der Waals surface area (Å²) in [5, 5.41) is 3.42. The quantitative estimate of drug-likeness (QED) is 0.777. The fourth-order valence-electron chi connectivity index (χ4n) is 3.42. The summed E-state index contributed by atoms with van der Waals surface area (Å²) in [6.07, 6.45) is 5.61. The molecule has 1 amide bonds. The topological polar surface area (TPSA) is 41.6 Å². The van der Waals surface area contributed by atoms with Crippen molar-refractivity contribution in [1.29, 1.82) is 0 Å². The number of methoxy groups -OCH3 is 1. The number of hydrogen-bond acceptors (Lipinski definition) is 3. The Morgan fingerprint density at radius 3 is 2.75 bits per heavy atom. The van der Waals surface area contributed by atoms with E-state index in [1.165, 1.54) is 12.8 Å². The van der Waals surface area contributed by atoms with Crippen LogP contribution in [0.3, 0.4) is 0 Å². The van der Waals surface area contributed by atoms with Gasteiger partial charge in [-0.1, -0.05) is 6.92 Å². The predicted octanol–water partition coefficient (Wildman–Crippen LogP) is 2.04. The average Bonchev–Trinajstić information content (AvgIpc) is 3.32. The van der Waals surface area contributed by atoms with Gasteiger partial charge in [0.1, 0.15) is 0 Å². The van der Waals surface area contributed by atoms with E-state index in [1.54, 1.807) is 7.11 Å². The summed E-state index contributed by atoms with van der Waals surface area (Å²) in [6.45, 7) is 7.62. The van der Waals surface area contributed by atoms with Crippen molar-refractivity contribution >= 4 is 5.91 Å². The molecule has 4 nitrogen and oxygen atoms in total. The van der Waals surface area contributed by atoms with E-state index in [4.69, 9.17) is 4.74 Å². The molecular weight excluding hydrogens is 252 g/mol. The van der Waals surface area contributed by atoms with Crippen LogP contribution in [-0.2, 0) is 9.53 Å². The molecule has 1 N–H and O–H groups in total. The van der Waals surface area contributed by atoms with E-state index in [9.17, 15) is 4.79 Å². The molecule has 1 heterocycles. The summed E-state index contributed by atoms with van der Waals surface area (Å²) < 4.78 is 5.22. The number of piperidine rings is 1. The van der Waals surface area contributed by atoms with Crippen LogP contribution in [0.15, 0.2) is 0 Å². The Kier molecular flexibility index (Phi) is 5.44.